The molecule has 0 aliphatic carbocycles. The van der Waals surface area contributed by atoms with Crippen LogP contribution >= 0.6 is 12.4 Å². The van der Waals surface area contributed by atoms with E-state index in [9.17, 15) is 13.2 Å². The minimum atomic E-state index is -4.31. The predicted octanol–water partition coefficient (Wildman–Crippen LogP) is 3.56. The van der Waals surface area contributed by atoms with Crippen LogP contribution in [0.3, 0.4) is 0 Å². The summed E-state index contributed by atoms with van der Waals surface area (Å²) in [6, 6.07) is 2.71. The first-order valence-electron chi connectivity index (χ1n) is 5.89. The molecule has 1 aliphatic heterocycles. The molecule has 0 amide bonds. The Balaban J connectivity index is 0.00000133. The molecule has 0 spiro atoms. The zero-order valence-electron chi connectivity index (χ0n) is 10.3. The SMILES string of the molecule is Cc1ccc(C(F)(F)F)c2[nH]c3c(c12)CNCC3.Cl. The standard InChI is InChI=1S/C13H13F3N2.ClH/c1-7-2-3-9(13(14,15)16)12-11(7)8-6-17-5-4-10(8)18-12;/h2-3,17-18H,4-6H2,1H3;1H. The Morgan fingerprint density at radius 2 is 1.95 bits per heavy atom. The summed E-state index contributed by atoms with van der Waals surface area (Å²) in [6.45, 7) is 3.29. The summed E-state index contributed by atoms with van der Waals surface area (Å²) in [5.41, 5.74) is 2.47. The van der Waals surface area contributed by atoms with Crippen LogP contribution in [0.1, 0.15) is 22.4 Å². The molecule has 2 nitrogen and oxygen atoms in total. The molecule has 2 N–H and O–H groups in total. The van der Waals surface area contributed by atoms with Gasteiger partial charge in [0.25, 0.3) is 0 Å². The van der Waals surface area contributed by atoms with Crippen molar-refractivity contribution in [3.05, 3.63) is 34.5 Å². The van der Waals surface area contributed by atoms with Crippen molar-refractivity contribution in [2.45, 2.75) is 26.1 Å². The lowest BCUT2D eigenvalue weighted by Crippen LogP contribution is -2.23. The summed E-state index contributed by atoms with van der Waals surface area (Å²) in [4.78, 5) is 2.97. The fraction of sp³-hybridized carbons (Fsp3) is 0.385. The van der Waals surface area contributed by atoms with E-state index in [1.54, 1.807) is 6.07 Å². The summed E-state index contributed by atoms with van der Waals surface area (Å²) >= 11 is 0. The zero-order chi connectivity index (χ0) is 12.9. The zero-order valence-corrected chi connectivity index (χ0v) is 11.1. The highest BCUT2D eigenvalue weighted by molar-refractivity contribution is 5.91. The van der Waals surface area contributed by atoms with Gasteiger partial charge in [-0.15, -0.1) is 12.4 Å². The Bertz CT molecular complexity index is 616. The topological polar surface area (TPSA) is 27.8 Å². The molecule has 0 unspecified atom stereocenters. The van der Waals surface area contributed by atoms with Crippen molar-refractivity contribution >= 4 is 23.3 Å². The summed E-state index contributed by atoms with van der Waals surface area (Å²) in [7, 11) is 0. The maximum Gasteiger partial charge on any atom is 0.418 e. The minimum Gasteiger partial charge on any atom is -0.358 e. The van der Waals surface area contributed by atoms with Gasteiger partial charge in [0.05, 0.1) is 11.1 Å². The highest BCUT2D eigenvalue weighted by atomic mass is 35.5. The second-order valence-corrected chi connectivity index (χ2v) is 4.69. The Labute approximate surface area is 114 Å². The normalized spacial score (nSPS) is 15.2. The molecule has 0 saturated heterocycles. The number of aromatic amines is 1. The van der Waals surface area contributed by atoms with E-state index in [0.717, 1.165) is 41.2 Å². The molecule has 0 bridgehead atoms. The lowest BCUT2D eigenvalue weighted by molar-refractivity contribution is -0.136. The van der Waals surface area contributed by atoms with Crippen LogP contribution in [0.4, 0.5) is 13.2 Å². The van der Waals surface area contributed by atoms with E-state index in [-0.39, 0.29) is 17.9 Å². The van der Waals surface area contributed by atoms with Crippen LogP contribution in [-0.2, 0) is 19.1 Å². The molecule has 0 radical (unpaired) electrons. The van der Waals surface area contributed by atoms with Crippen LogP contribution in [0.5, 0.6) is 0 Å². The third kappa shape index (κ3) is 2.21. The predicted molar refractivity (Wildman–Crippen MR) is 70.7 cm³/mol. The third-order valence-corrected chi connectivity index (χ3v) is 3.51. The Hall–Kier alpha value is -1.20. The van der Waals surface area contributed by atoms with E-state index in [0.29, 0.717) is 6.54 Å². The molecule has 0 fully saturated rings. The fourth-order valence-corrected chi connectivity index (χ4v) is 2.67. The van der Waals surface area contributed by atoms with Crippen molar-refractivity contribution in [2.75, 3.05) is 6.54 Å². The van der Waals surface area contributed by atoms with Crippen molar-refractivity contribution in [3.63, 3.8) is 0 Å². The molecule has 0 atom stereocenters. The molecule has 1 aromatic heterocycles. The number of rotatable bonds is 0. The largest absolute Gasteiger partial charge is 0.418 e. The van der Waals surface area contributed by atoms with E-state index >= 15 is 0 Å². The van der Waals surface area contributed by atoms with E-state index in [2.05, 4.69) is 10.3 Å². The Morgan fingerprint density at radius 1 is 1.21 bits per heavy atom. The molecule has 104 valence electrons. The number of fused-ring (bicyclic) bond motifs is 3. The first kappa shape index (κ1) is 14.2. The lowest BCUT2D eigenvalue weighted by atomic mass is 10.00. The fourth-order valence-electron chi connectivity index (χ4n) is 2.67. The number of halogens is 4. The van der Waals surface area contributed by atoms with Gasteiger partial charge in [0.1, 0.15) is 0 Å². The van der Waals surface area contributed by atoms with Crippen LogP contribution in [-0.4, -0.2) is 11.5 Å². The maximum atomic E-state index is 13.0. The van der Waals surface area contributed by atoms with Gasteiger partial charge in [0.2, 0.25) is 0 Å². The van der Waals surface area contributed by atoms with E-state index < -0.39 is 11.7 Å². The molecule has 1 aromatic carbocycles. The molecule has 1 aliphatic rings. The number of nitrogens with one attached hydrogen (secondary N) is 2. The van der Waals surface area contributed by atoms with Gasteiger partial charge in [0.15, 0.2) is 0 Å². The number of hydrogen-bond acceptors (Lipinski definition) is 1. The van der Waals surface area contributed by atoms with Gasteiger partial charge in [-0.1, -0.05) is 6.07 Å². The van der Waals surface area contributed by atoms with E-state index in [1.807, 2.05) is 6.92 Å². The quantitative estimate of drug-likeness (QED) is 0.763. The summed E-state index contributed by atoms with van der Waals surface area (Å²) in [5.74, 6) is 0. The monoisotopic (exact) mass is 290 g/mol. The Morgan fingerprint density at radius 3 is 2.63 bits per heavy atom. The maximum absolute atomic E-state index is 13.0. The van der Waals surface area contributed by atoms with Crippen molar-refractivity contribution in [1.29, 1.82) is 0 Å². The smallest absolute Gasteiger partial charge is 0.358 e. The van der Waals surface area contributed by atoms with Gasteiger partial charge in [-0.25, -0.2) is 0 Å². The van der Waals surface area contributed by atoms with Gasteiger partial charge in [-0.3, -0.25) is 0 Å². The van der Waals surface area contributed by atoms with Crippen molar-refractivity contribution in [3.8, 4) is 0 Å². The summed E-state index contributed by atoms with van der Waals surface area (Å²) < 4.78 is 38.9. The molecule has 6 heteroatoms. The first-order valence-corrected chi connectivity index (χ1v) is 5.89. The molecular weight excluding hydrogens is 277 g/mol. The number of hydrogen-bond donors (Lipinski definition) is 2. The third-order valence-electron chi connectivity index (χ3n) is 3.51. The van der Waals surface area contributed by atoms with Gasteiger partial charge in [-0.2, -0.15) is 13.2 Å². The molecule has 2 heterocycles. The lowest BCUT2D eigenvalue weighted by Gasteiger charge is -2.13. The van der Waals surface area contributed by atoms with Gasteiger partial charge in [-0.05, 0) is 24.1 Å². The number of benzene rings is 1. The second-order valence-electron chi connectivity index (χ2n) is 4.69. The van der Waals surface area contributed by atoms with Gasteiger partial charge < -0.3 is 10.3 Å². The first-order chi connectivity index (χ1) is 8.48. The van der Waals surface area contributed by atoms with Gasteiger partial charge in [0, 0.05) is 30.6 Å². The van der Waals surface area contributed by atoms with Crippen LogP contribution in [0, 0.1) is 6.92 Å². The molecule has 0 saturated carbocycles. The average molecular weight is 291 g/mol. The van der Waals surface area contributed by atoms with Crippen molar-refractivity contribution in [2.24, 2.45) is 0 Å². The van der Waals surface area contributed by atoms with Gasteiger partial charge >= 0.3 is 6.18 Å². The van der Waals surface area contributed by atoms with Crippen molar-refractivity contribution in [1.82, 2.24) is 10.3 Å². The van der Waals surface area contributed by atoms with E-state index in [4.69, 9.17) is 0 Å². The molecule has 19 heavy (non-hydrogen) atoms. The molecular formula is C13H14ClF3N2. The van der Waals surface area contributed by atoms with Crippen LogP contribution in [0.25, 0.3) is 10.9 Å². The number of aromatic nitrogens is 1. The van der Waals surface area contributed by atoms with Crippen molar-refractivity contribution < 1.29 is 13.2 Å². The van der Waals surface area contributed by atoms with E-state index in [1.165, 1.54) is 0 Å². The number of aryl methyl sites for hydroxylation is 1. The van der Waals surface area contributed by atoms with Crippen LogP contribution in [0.2, 0.25) is 0 Å². The number of alkyl halides is 3. The molecule has 3 rings (SSSR count). The highest BCUT2D eigenvalue weighted by Gasteiger charge is 2.34. The van der Waals surface area contributed by atoms with Crippen LogP contribution < -0.4 is 5.32 Å². The molecule has 2 aromatic rings. The summed E-state index contributed by atoms with van der Waals surface area (Å²) in [5, 5.41) is 3.93. The summed E-state index contributed by atoms with van der Waals surface area (Å²) in [6.07, 6.45) is -3.56. The van der Waals surface area contributed by atoms with Crippen LogP contribution in [0.15, 0.2) is 12.1 Å². The highest BCUT2D eigenvalue weighted by Crippen LogP contribution is 2.38. The minimum absolute atomic E-state index is 0. The number of H-pyrrole nitrogens is 1. The average Bonchev–Trinajstić information content (AvgIpc) is 2.67. The second kappa shape index (κ2) is 4.72. The Kier molecular flexibility index (Phi) is 3.53.